The molecule has 0 aliphatic heterocycles. The van der Waals surface area contributed by atoms with Gasteiger partial charge in [-0.15, -0.1) is 0 Å². The second-order valence-electron chi connectivity index (χ2n) is 11.2. The van der Waals surface area contributed by atoms with Gasteiger partial charge in [0.1, 0.15) is 0 Å². The van der Waals surface area contributed by atoms with Crippen molar-refractivity contribution in [3.05, 3.63) is 0 Å². The molecule has 0 radical (unpaired) electrons. The Morgan fingerprint density at radius 3 is 1.11 bits per heavy atom. The van der Waals surface area contributed by atoms with Crippen LogP contribution in [0.3, 0.4) is 0 Å². The zero-order chi connectivity index (χ0) is 28.0. The average molecular weight is 511 g/mol. The van der Waals surface area contributed by atoms with Crippen molar-refractivity contribution in [2.45, 2.75) is 206 Å². The molecule has 0 spiro atoms. The van der Waals surface area contributed by atoms with Crippen LogP contribution in [0.2, 0.25) is 0 Å². The molecule has 36 heavy (non-hydrogen) atoms. The molecule has 0 amide bonds. The van der Waals surface area contributed by atoms with E-state index in [1.807, 2.05) is 0 Å². The second kappa shape index (κ2) is 32.5. The molecule has 2 nitrogen and oxygen atoms in total. The van der Waals surface area contributed by atoms with Gasteiger partial charge in [-0.1, -0.05) is 187 Å². The third-order valence-corrected chi connectivity index (χ3v) is 7.47. The Balaban J connectivity index is 3.38. The molecule has 0 saturated carbocycles. The fraction of sp³-hybridized carbons (Fsp3) is 0.971. The van der Waals surface area contributed by atoms with Crippen molar-refractivity contribution >= 4 is 5.97 Å². The van der Waals surface area contributed by atoms with Gasteiger partial charge in [0.2, 0.25) is 0 Å². The Labute approximate surface area is 231 Å². The first-order valence-electron chi connectivity index (χ1n) is 17.7. The van der Waals surface area contributed by atoms with Gasteiger partial charge < -0.3 is 4.74 Å². The zero-order valence-electron chi connectivity index (χ0n) is 27.0. The van der Waals surface area contributed by atoms with E-state index in [-0.39, 0.29) is 12.4 Å². The molecular formula is C34H68O2. The minimum Gasteiger partial charge on any atom is -0.466 e. The van der Waals surface area contributed by atoms with E-state index in [4.69, 9.17) is 7.48 Å². The van der Waals surface area contributed by atoms with Crippen molar-refractivity contribution in [2.24, 2.45) is 0 Å². The summed E-state index contributed by atoms with van der Waals surface area (Å²) in [7, 11) is 0. The molecule has 0 rings (SSSR count). The van der Waals surface area contributed by atoms with E-state index in [0.717, 1.165) is 25.7 Å². The summed E-state index contributed by atoms with van der Waals surface area (Å²) in [5.41, 5.74) is 0. The smallest absolute Gasteiger partial charge is 0.305 e. The van der Waals surface area contributed by atoms with Gasteiger partial charge in [0.05, 0.1) is 6.61 Å². The van der Waals surface area contributed by atoms with E-state index < -0.39 is 6.37 Å². The Hall–Kier alpha value is -0.530. The van der Waals surface area contributed by atoms with Crippen molar-refractivity contribution in [2.75, 3.05) is 6.61 Å². The average Bonchev–Trinajstić information content (AvgIpc) is 2.90. The largest absolute Gasteiger partial charge is 0.466 e. The van der Waals surface area contributed by atoms with Crippen LogP contribution in [0.1, 0.15) is 209 Å². The Morgan fingerprint density at radius 2 is 0.750 bits per heavy atom. The maximum Gasteiger partial charge on any atom is 0.305 e. The van der Waals surface area contributed by atoms with Gasteiger partial charge in [-0.25, -0.2) is 0 Å². The van der Waals surface area contributed by atoms with Gasteiger partial charge in [-0.3, -0.25) is 4.79 Å². The topological polar surface area (TPSA) is 26.3 Å². The maximum atomic E-state index is 12.0. The van der Waals surface area contributed by atoms with Gasteiger partial charge in [0, 0.05) is 9.16 Å². The molecule has 0 saturated heterocycles. The minimum absolute atomic E-state index is 0.212. The first-order chi connectivity index (χ1) is 18.5. The number of ether oxygens (including phenoxy) is 1. The molecular weight excluding hydrogens is 440 g/mol. The molecule has 0 aromatic carbocycles. The van der Waals surface area contributed by atoms with Gasteiger partial charge in [-0.05, 0) is 12.8 Å². The van der Waals surface area contributed by atoms with Crippen LogP contribution in [0.15, 0.2) is 0 Å². The fourth-order valence-electron chi connectivity index (χ4n) is 4.96. The highest BCUT2D eigenvalue weighted by atomic mass is 16.5. The zero-order valence-corrected chi connectivity index (χ0v) is 25.0. The monoisotopic (exact) mass is 511 g/mol. The standard InChI is InChI=1S/C34H68O2/c1-3-5-7-9-11-13-15-17-18-19-21-23-25-27-29-31-33-36-34(35)32-30-28-26-24-22-20-16-14-12-10-8-6-4-2/h3-33H2,1-2H3/i28D2. The normalized spacial score (nSPS) is 12.5. The predicted octanol–water partition coefficient (Wildman–Crippen LogP) is 12.3. The summed E-state index contributed by atoms with van der Waals surface area (Å²) in [4.78, 5) is 12.0. The van der Waals surface area contributed by atoms with E-state index in [1.54, 1.807) is 0 Å². The molecule has 0 atom stereocenters. The number of hydrogen-bond donors (Lipinski definition) is 0. The molecule has 0 unspecified atom stereocenters. The Bertz CT molecular complexity index is 481. The van der Waals surface area contributed by atoms with Crippen LogP contribution in [0.4, 0.5) is 0 Å². The highest BCUT2D eigenvalue weighted by molar-refractivity contribution is 5.69. The van der Waals surface area contributed by atoms with Crippen LogP contribution in [0, 0.1) is 0 Å². The van der Waals surface area contributed by atoms with E-state index >= 15 is 0 Å². The summed E-state index contributed by atoms with van der Waals surface area (Å²) in [5, 5.41) is 0. The fourth-order valence-corrected chi connectivity index (χ4v) is 4.96. The molecule has 0 aliphatic carbocycles. The highest BCUT2D eigenvalue weighted by Crippen LogP contribution is 2.15. The van der Waals surface area contributed by atoms with Crippen LogP contribution in [0.5, 0.6) is 0 Å². The third-order valence-electron chi connectivity index (χ3n) is 7.47. The summed E-state index contributed by atoms with van der Waals surface area (Å²) in [5.74, 6) is -0.224. The predicted molar refractivity (Wildman–Crippen MR) is 161 cm³/mol. The van der Waals surface area contributed by atoms with Gasteiger partial charge in [0.15, 0.2) is 0 Å². The number of rotatable bonds is 31. The number of carbonyl (C=O) groups excluding carboxylic acids is 1. The van der Waals surface area contributed by atoms with Crippen molar-refractivity contribution in [3.63, 3.8) is 0 Å². The number of carbonyl (C=O) groups is 1. The molecule has 0 N–H and O–H groups in total. The summed E-state index contributed by atoms with van der Waals surface area (Å²) in [6.45, 7) is 5.03. The quantitative estimate of drug-likeness (QED) is 0.0684. The van der Waals surface area contributed by atoms with Crippen LogP contribution >= 0.6 is 0 Å². The number of esters is 1. The van der Waals surface area contributed by atoms with Crippen molar-refractivity contribution in [3.8, 4) is 0 Å². The van der Waals surface area contributed by atoms with Crippen molar-refractivity contribution in [1.82, 2.24) is 0 Å². The Morgan fingerprint density at radius 1 is 0.444 bits per heavy atom. The SMILES string of the molecule is [2H]C([2H])(CCCCCCCCCCCC)CCC(=O)OCCCCCCCCCCCCCCCCCC. The molecule has 2 heteroatoms. The molecule has 0 aliphatic rings. The molecule has 0 aromatic heterocycles. The maximum absolute atomic E-state index is 12.0. The molecule has 0 aromatic rings. The summed E-state index contributed by atoms with van der Waals surface area (Å²) in [6, 6.07) is 0. The molecule has 0 bridgehead atoms. The first-order valence-corrected chi connectivity index (χ1v) is 16.7. The number of unbranched alkanes of at least 4 members (excludes halogenated alkanes) is 24. The minimum atomic E-state index is -1.24. The van der Waals surface area contributed by atoms with E-state index in [0.29, 0.717) is 19.4 Å². The van der Waals surface area contributed by atoms with E-state index in [9.17, 15) is 4.79 Å². The first kappa shape index (κ1) is 31.7. The lowest BCUT2D eigenvalue weighted by molar-refractivity contribution is -0.143. The van der Waals surface area contributed by atoms with Gasteiger partial charge in [-0.2, -0.15) is 0 Å². The van der Waals surface area contributed by atoms with E-state index in [1.165, 1.54) is 141 Å². The second-order valence-corrected chi connectivity index (χ2v) is 11.2. The van der Waals surface area contributed by atoms with Crippen LogP contribution in [-0.4, -0.2) is 12.6 Å². The summed E-state index contributed by atoms with van der Waals surface area (Å²) >= 11 is 0. The molecule has 0 fully saturated rings. The van der Waals surface area contributed by atoms with Gasteiger partial charge >= 0.3 is 5.97 Å². The number of hydrogen-bond acceptors (Lipinski definition) is 2. The lowest BCUT2D eigenvalue weighted by Crippen LogP contribution is -2.05. The van der Waals surface area contributed by atoms with Crippen molar-refractivity contribution < 1.29 is 12.3 Å². The Kier molecular flexibility index (Phi) is 28.6. The molecule has 216 valence electrons. The van der Waals surface area contributed by atoms with Gasteiger partial charge in [0.25, 0.3) is 0 Å². The van der Waals surface area contributed by atoms with Crippen LogP contribution < -0.4 is 0 Å². The van der Waals surface area contributed by atoms with Crippen LogP contribution in [-0.2, 0) is 9.53 Å². The van der Waals surface area contributed by atoms with E-state index in [2.05, 4.69) is 13.8 Å². The van der Waals surface area contributed by atoms with Crippen LogP contribution in [0.25, 0.3) is 0 Å². The highest BCUT2D eigenvalue weighted by Gasteiger charge is 2.02. The lowest BCUT2D eigenvalue weighted by Gasteiger charge is -2.06. The molecule has 0 heterocycles. The summed E-state index contributed by atoms with van der Waals surface area (Å²) < 4.78 is 21.7. The lowest BCUT2D eigenvalue weighted by atomic mass is 10.0. The van der Waals surface area contributed by atoms with Crippen molar-refractivity contribution in [1.29, 1.82) is 0 Å². The summed E-state index contributed by atoms with van der Waals surface area (Å²) in [6.07, 6.45) is 33.9. The third kappa shape index (κ3) is 31.5.